The van der Waals surface area contributed by atoms with E-state index in [0.29, 0.717) is 24.5 Å². The van der Waals surface area contributed by atoms with Crippen molar-refractivity contribution in [3.8, 4) is 0 Å². The number of hydrogen-bond donors (Lipinski definition) is 2. The average Bonchev–Trinajstić information content (AvgIpc) is 2.99. The molecule has 2 amide bonds. The second-order valence-corrected chi connectivity index (χ2v) is 7.19. The van der Waals surface area contributed by atoms with Gasteiger partial charge in [-0.25, -0.2) is 0 Å². The van der Waals surface area contributed by atoms with Crippen molar-refractivity contribution in [3.63, 3.8) is 0 Å². The number of carbonyl (C=O) groups is 2. The second kappa shape index (κ2) is 7.53. The highest BCUT2D eigenvalue weighted by molar-refractivity contribution is 6.31. The van der Waals surface area contributed by atoms with Gasteiger partial charge in [0.1, 0.15) is 0 Å². The molecule has 0 unspecified atom stereocenters. The molecule has 2 aliphatic heterocycles. The Kier molecular flexibility index (Phi) is 5.41. The summed E-state index contributed by atoms with van der Waals surface area (Å²) in [5.41, 5.74) is 0.707. The van der Waals surface area contributed by atoms with Crippen LogP contribution < -0.4 is 10.6 Å². The number of nitrogens with one attached hydrogen (secondary N) is 2. The Morgan fingerprint density at radius 2 is 2.17 bits per heavy atom. The largest absolute Gasteiger partial charge is 0.356 e. The molecule has 0 bridgehead atoms. The first-order valence-electron chi connectivity index (χ1n) is 8.60. The van der Waals surface area contributed by atoms with Crippen LogP contribution in [0.4, 0.5) is 0 Å². The minimum atomic E-state index is -0.216. The van der Waals surface area contributed by atoms with Crippen molar-refractivity contribution in [2.45, 2.75) is 32.2 Å². The van der Waals surface area contributed by atoms with Crippen molar-refractivity contribution >= 4 is 23.4 Å². The number of likely N-dealkylation sites (tertiary alicyclic amines) is 1. The zero-order valence-corrected chi connectivity index (χ0v) is 14.6. The smallest absolute Gasteiger partial charge is 0.227 e. The molecule has 24 heavy (non-hydrogen) atoms. The van der Waals surface area contributed by atoms with Gasteiger partial charge in [-0.2, -0.15) is 0 Å². The van der Waals surface area contributed by atoms with E-state index in [0.717, 1.165) is 44.5 Å². The summed E-state index contributed by atoms with van der Waals surface area (Å²) < 4.78 is 0. The van der Waals surface area contributed by atoms with Gasteiger partial charge < -0.3 is 15.5 Å². The maximum atomic E-state index is 12.2. The van der Waals surface area contributed by atoms with Gasteiger partial charge in [-0.3, -0.25) is 9.59 Å². The summed E-state index contributed by atoms with van der Waals surface area (Å²) in [7, 11) is 0. The van der Waals surface area contributed by atoms with Gasteiger partial charge in [-0.05, 0) is 37.4 Å². The number of rotatable bonds is 5. The number of amides is 2. The molecule has 2 saturated heterocycles. The normalized spacial score (nSPS) is 24.1. The lowest BCUT2D eigenvalue weighted by atomic mass is 9.79. The van der Waals surface area contributed by atoms with Gasteiger partial charge in [-0.1, -0.05) is 29.8 Å². The van der Waals surface area contributed by atoms with Crippen molar-refractivity contribution in [3.05, 3.63) is 34.9 Å². The van der Waals surface area contributed by atoms with Crippen LogP contribution >= 0.6 is 11.6 Å². The molecule has 1 aromatic carbocycles. The number of carbonyl (C=O) groups excluding carboxylic acids is 2. The third-order valence-electron chi connectivity index (χ3n) is 5.12. The van der Waals surface area contributed by atoms with Gasteiger partial charge in [0, 0.05) is 37.6 Å². The van der Waals surface area contributed by atoms with Crippen LogP contribution in [0.2, 0.25) is 5.02 Å². The molecule has 0 aromatic heterocycles. The summed E-state index contributed by atoms with van der Waals surface area (Å²) in [6, 6.07) is 7.51. The molecule has 5 nitrogen and oxygen atoms in total. The Bertz CT molecular complexity index is 622. The van der Waals surface area contributed by atoms with Crippen molar-refractivity contribution < 1.29 is 9.59 Å². The maximum absolute atomic E-state index is 12.2. The first kappa shape index (κ1) is 17.2. The minimum absolute atomic E-state index is 0.0176. The van der Waals surface area contributed by atoms with Gasteiger partial charge >= 0.3 is 0 Å². The lowest BCUT2D eigenvalue weighted by molar-refractivity contribution is -0.132. The van der Waals surface area contributed by atoms with Crippen LogP contribution in [-0.2, 0) is 16.1 Å². The van der Waals surface area contributed by atoms with E-state index in [1.807, 2.05) is 24.3 Å². The van der Waals surface area contributed by atoms with Crippen LogP contribution in [0.15, 0.2) is 24.3 Å². The minimum Gasteiger partial charge on any atom is -0.356 e. The zero-order valence-electron chi connectivity index (χ0n) is 13.8. The fourth-order valence-electron chi connectivity index (χ4n) is 3.65. The topological polar surface area (TPSA) is 61.4 Å². The highest BCUT2D eigenvalue weighted by Crippen LogP contribution is 2.37. The summed E-state index contributed by atoms with van der Waals surface area (Å²) >= 11 is 6.09. The number of hydrogen-bond acceptors (Lipinski definition) is 3. The van der Waals surface area contributed by atoms with Crippen LogP contribution in [0.3, 0.4) is 0 Å². The number of benzene rings is 1. The predicted octanol–water partition coefficient (Wildman–Crippen LogP) is 1.95. The van der Waals surface area contributed by atoms with E-state index in [4.69, 9.17) is 11.6 Å². The number of nitrogens with zero attached hydrogens (tertiary/aromatic N) is 1. The molecule has 6 heteroatoms. The molecule has 0 aliphatic carbocycles. The van der Waals surface area contributed by atoms with Crippen LogP contribution in [0.5, 0.6) is 0 Å². The SMILES string of the molecule is O=C(CCN1CC[C@]2(CCCNC2=O)C1)NCc1ccccc1Cl. The lowest BCUT2D eigenvalue weighted by Gasteiger charge is -2.32. The van der Waals surface area contributed by atoms with Gasteiger partial charge in [0.05, 0.1) is 5.41 Å². The molecule has 2 aliphatic rings. The Balaban J connectivity index is 1.42. The quantitative estimate of drug-likeness (QED) is 0.854. The maximum Gasteiger partial charge on any atom is 0.227 e. The van der Waals surface area contributed by atoms with E-state index in [2.05, 4.69) is 15.5 Å². The Hall–Kier alpha value is -1.59. The van der Waals surface area contributed by atoms with E-state index in [-0.39, 0.29) is 17.2 Å². The van der Waals surface area contributed by atoms with Gasteiger partial charge in [0.15, 0.2) is 0 Å². The van der Waals surface area contributed by atoms with Crippen LogP contribution in [0.25, 0.3) is 0 Å². The molecule has 1 atom stereocenters. The van der Waals surface area contributed by atoms with Gasteiger partial charge in [0.2, 0.25) is 11.8 Å². The monoisotopic (exact) mass is 349 g/mol. The van der Waals surface area contributed by atoms with Crippen molar-refractivity contribution in [1.82, 2.24) is 15.5 Å². The molecule has 2 fully saturated rings. The summed E-state index contributed by atoms with van der Waals surface area (Å²) in [6.07, 6.45) is 3.37. The third-order valence-corrected chi connectivity index (χ3v) is 5.49. The fraction of sp³-hybridized carbons (Fsp3) is 0.556. The van der Waals surface area contributed by atoms with E-state index >= 15 is 0 Å². The number of piperidine rings is 1. The Morgan fingerprint density at radius 3 is 2.96 bits per heavy atom. The van der Waals surface area contributed by atoms with Crippen LogP contribution in [0.1, 0.15) is 31.2 Å². The Morgan fingerprint density at radius 1 is 1.33 bits per heavy atom. The molecule has 2 N–H and O–H groups in total. The Labute approximate surface area is 147 Å². The lowest BCUT2D eigenvalue weighted by Crippen LogP contribution is -2.47. The first-order valence-corrected chi connectivity index (χ1v) is 8.98. The van der Waals surface area contributed by atoms with E-state index < -0.39 is 0 Å². The molecule has 0 radical (unpaired) electrons. The van der Waals surface area contributed by atoms with Gasteiger partial charge in [-0.15, -0.1) is 0 Å². The molecule has 2 heterocycles. The molecule has 1 aromatic rings. The van der Waals surface area contributed by atoms with Gasteiger partial charge in [0.25, 0.3) is 0 Å². The third kappa shape index (κ3) is 3.90. The summed E-state index contributed by atoms with van der Waals surface area (Å²) in [5.74, 6) is 0.211. The van der Waals surface area contributed by atoms with Crippen LogP contribution in [0, 0.1) is 5.41 Å². The van der Waals surface area contributed by atoms with Crippen molar-refractivity contribution in [1.29, 1.82) is 0 Å². The molecular weight excluding hydrogens is 326 g/mol. The van der Waals surface area contributed by atoms with E-state index in [9.17, 15) is 9.59 Å². The van der Waals surface area contributed by atoms with Crippen molar-refractivity contribution in [2.75, 3.05) is 26.2 Å². The molecule has 1 spiro atoms. The first-order chi connectivity index (χ1) is 11.6. The van der Waals surface area contributed by atoms with Crippen LogP contribution in [-0.4, -0.2) is 42.9 Å². The van der Waals surface area contributed by atoms with E-state index in [1.165, 1.54) is 0 Å². The molecular formula is C18H24ClN3O2. The highest BCUT2D eigenvalue weighted by atomic mass is 35.5. The van der Waals surface area contributed by atoms with Crippen molar-refractivity contribution in [2.24, 2.45) is 5.41 Å². The van der Waals surface area contributed by atoms with E-state index in [1.54, 1.807) is 0 Å². The summed E-state index contributed by atoms with van der Waals surface area (Å²) in [6.45, 7) is 3.61. The zero-order chi connectivity index (χ0) is 17.0. The molecule has 130 valence electrons. The second-order valence-electron chi connectivity index (χ2n) is 6.78. The highest BCUT2D eigenvalue weighted by Gasteiger charge is 2.45. The standard InChI is InChI=1S/C18H24ClN3O2/c19-15-5-2-1-4-14(15)12-21-16(23)6-10-22-11-8-18(13-22)7-3-9-20-17(18)24/h1-2,4-5H,3,6-13H2,(H,20,24)(H,21,23)/t18-/m1/s1. The predicted molar refractivity (Wildman–Crippen MR) is 93.6 cm³/mol. The summed E-state index contributed by atoms with van der Waals surface area (Å²) in [5, 5.41) is 6.57. The fourth-order valence-corrected chi connectivity index (χ4v) is 3.85. The molecule has 3 rings (SSSR count). The average molecular weight is 350 g/mol. The molecule has 0 saturated carbocycles. The summed E-state index contributed by atoms with van der Waals surface area (Å²) in [4.78, 5) is 26.5. The number of halogens is 1.